The molecule has 0 spiro atoms. The van der Waals surface area contributed by atoms with E-state index in [0.29, 0.717) is 12.4 Å². The van der Waals surface area contributed by atoms with Crippen LogP contribution in [0.15, 0.2) is 18.2 Å². The fraction of sp³-hybridized carbons (Fsp3) is 0.308. The van der Waals surface area contributed by atoms with Gasteiger partial charge in [0, 0.05) is 30.7 Å². The summed E-state index contributed by atoms with van der Waals surface area (Å²) in [5.41, 5.74) is 8.82. The number of hydrogen-bond acceptors (Lipinski definition) is 4. The minimum absolute atomic E-state index is 0.640. The number of ether oxygens (including phenoxy) is 2. The normalized spacial score (nSPS) is 13.2. The minimum atomic E-state index is 0.640. The van der Waals surface area contributed by atoms with Gasteiger partial charge in [-0.25, -0.2) is 0 Å². The van der Waals surface area contributed by atoms with Crippen LogP contribution in [0, 0.1) is 0 Å². The average Bonchev–Trinajstić information content (AvgIpc) is 2.95. The van der Waals surface area contributed by atoms with Crippen LogP contribution in [0.4, 0.5) is 5.82 Å². The van der Waals surface area contributed by atoms with E-state index in [1.807, 2.05) is 19.2 Å². The molecule has 1 aromatic heterocycles. The summed E-state index contributed by atoms with van der Waals surface area (Å²) in [7, 11) is 3.47. The molecule has 0 saturated carbocycles. The van der Waals surface area contributed by atoms with Crippen LogP contribution in [0.3, 0.4) is 0 Å². The molecule has 0 radical (unpaired) electrons. The molecule has 5 nitrogen and oxygen atoms in total. The molecule has 18 heavy (non-hydrogen) atoms. The Labute approximate surface area is 105 Å². The first-order valence-electron chi connectivity index (χ1n) is 5.82. The Morgan fingerprint density at radius 1 is 1.39 bits per heavy atom. The van der Waals surface area contributed by atoms with Crippen molar-refractivity contribution in [1.29, 1.82) is 0 Å². The van der Waals surface area contributed by atoms with Crippen molar-refractivity contribution in [3.05, 3.63) is 23.8 Å². The molecular weight excluding hydrogens is 230 g/mol. The maximum absolute atomic E-state index is 5.81. The predicted octanol–water partition coefficient (Wildman–Crippen LogP) is 1.61. The average molecular weight is 245 g/mol. The van der Waals surface area contributed by atoms with Crippen molar-refractivity contribution in [3.63, 3.8) is 0 Å². The van der Waals surface area contributed by atoms with E-state index in [1.165, 1.54) is 0 Å². The Hall–Kier alpha value is -2.17. The van der Waals surface area contributed by atoms with Gasteiger partial charge in [0.2, 0.25) is 0 Å². The van der Waals surface area contributed by atoms with Crippen LogP contribution in [-0.2, 0) is 13.5 Å². The van der Waals surface area contributed by atoms with Gasteiger partial charge in [-0.3, -0.25) is 4.68 Å². The molecule has 2 N–H and O–H groups in total. The fourth-order valence-electron chi connectivity index (χ4n) is 2.19. The quantitative estimate of drug-likeness (QED) is 0.873. The number of nitrogens with zero attached hydrogens (tertiary/aromatic N) is 2. The maximum atomic E-state index is 5.81. The van der Waals surface area contributed by atoms with Gasteiger partial charge < -0.3 is 15.2 Å². The number of rotatable bonds is 2. The van der Waals surface area contributed by atoms with Crippen LogP contribution in [0.25, 0.3) is 11.3 Å². The molecular formula is C13H15N3O2. The van der Waals surface area contributed by atoms with Gasteiger partial charge in [-0.2, -0.15) is 5.10 Å². The van der Waals surface area contributed by atoms with Crippen LogP contribution in [-0.4, -0.2) is 23.5 Å². The number of aromatic nitrogens is 2. The molecule has 1 aromatic carbocycles. The van der Waals surface area contributed by atoms with E-state index in [4.69, 9.17) is 15.2 Å². The summed E-state index contributed by atoms with van der Waals surface area (Å²) < 4.78 is 12.6. The molecule has 0 bridgehead atoms. The third-order valence-electron chi connectivity index (χ3n) is 3.18. The van der Waals surface area contributed by atoms with E-state index in [1.54, 1.807) is 11.8 Å². The third kappa shape index (κ3) is 1.59. The Bertz CT molecular complexity index is 585. The van der Waals surface area contributed by atoms with Crippen molar-refractivity contribution in [1.82, 2.24) is 9.78 Å². The molecule has 3 rings (SSSR count). The van der Waals surface area contributed by atoms with Gasteiger partial charge in [-0.1, -0.05) is 0 Å². The zero-order valence-corrected chi connectivity index (χ0v) is 10.4. The number of nitrogens with two attached hydrogens (primary N) is 1. The minimum Gasteiger partial charge on any atom is -0.493 e. The van der Waals surface area contributed by atoms with Gasteiger partial charge in [-0.15, -0.1) is 0 Å². The highest BCUT2D eigenvalue weighted by Crippen LogP contribution is 2.39. The molecule has 5 heteroatoms. The summed E-state index contributed by atoms with van der Waals surface area (Å²) in [5.74, 6) is 2.25. The Kier molecular flexibility index (Phi) is 2.40. The van der Waals surface area contributed by atoms with Gasteiger partial charge in [-0.05, 0) is 12.1 Å². The van der Waals surface area contributed by atoms with Crippen molar-refractivity contribution < 1.29 is 9.47 Å². The fourth-order valence-corrected chi connectivity index (χ4v) is 2.19. The van der Waals surface area contributed by atoms with Gasteiger partial charge in [0.05, 0.1) is 19.4 Å². The summed E-state index contributed by atoms with van der Waals surface area (Å²) in [6.07, 6.45) is 0.905. The summed E-state index contributed by atoms with van der Waals surface area (Å²) in [6.45, 7) is 0.708. The highest BCUT2D eigenvalue weighted by atomic mass is 16.5. The smallest absolute Gasteiger partial charge is 0.164 e. The highest BCUT2D eigenvalue weighted by Gasteiger charge is 2.19. The van der Waals surface area contributed by atoms with Crippen molar-refractivity contribution in [2.75, 3.05) is 19.5 Å². The second kappa shape index (κ2) is 3.94. The first-order valence-corrected chi connectivity index (χ1v) is 5.82. The molecule has 94 valence electrons. The molecule has 0 atom stereocenters. The highest BCUT2D eigenvalue weighted by molar-refractivity contribution is 5.68. The third-order valence-corrected chi connectivity index (χ3v) is 3.18. The lowest BCUT2D eigenvalue weighted by Gasteiger charge is -2.08. The van der Waals surface area contributed by atoms with Crippen molar-refractivity contribution in [2.24, 2.45) is 7.05 Å². The van der Waals surface area contributed by atoms with E-state index in [0.717, 1.165) is 34.7 Å². The van der Waals surface area contributed by atoms with E-state index < -0.39 is 0 Å². The molecule has 0 aliphatic carbocycles. The lowest BCUT2D eigenvalue weighted by atomic mass is 10.1. The standard InChI is InChI=1S/C13H15N3O2/c1-16-12(14)7-10(15-16)9-5-8-3-4-18-13(8)11(6-9)17-2/h5-7H,3-4,14H2,1-2H3. The maximum Gasteiger partial charge on any atom is 0.164 e. The first kappa shape index (κ1) is 11.0. The SMILES string of the molecule is COc1cc(-c2cc(N)n(C)n2)cc2c1OCC2. The monoisotopic (exact) mass is 245 g/mol. The van der Waals surface area contributed by atoms with Crippen LogP contribution in [0.1, 0.15) is 5.56 Å². The van der Waals surface area contributed by atoms with Gasteiger partial charge in [0.1, 0.15) is 5.82 Å². The Morgan fingerprint density at radius 3 is 2.89 bits per heavy atom. The summed E-state index contributed by atoms with van der Waals surface area (Å²) in [6, 6.07) is 5.88. The number of aryl methyl sites for hydroxylation is 1. The van der Waals surface area contributed by atoms with Crippen LogP contribution in [0.5, 0.6) is 11.5 Å². The Morgan fingerprint density at radius 2 is 2.22 bits per heavy atom. The number of hydrogen-bond donors (Lipinski definition) is 1. The number of benzene rings is 1. The topological polar surface area (TPSA) is 62.3 Å². The number of fused-ring (bicyclic) bond motifs is 1. The van der Waals surface area contributed by atoms with E-state index in [9.17, 15) is 0 Å². The van der Waals surface area contributed by atoms with Crippen molar-refractivity contribution in [2.45, 2.75) is 6.42 Å². The van der Waals surface area contributed by atoms with Crippen molar-refractivity contribution in [3.8, 4) is 22.8 Å². The summed E-state index contributed by atoms with van der Waals surface area (Å²) >= 11 is 0. The number of anilines is 1. The number of nitrogen functional groups attached to an aromatic ring is 1. The summed E-state index contributed by atoms with van der Waals surface area (Å²) in [5, 5.41) is 4.38. The first-order chi connectivity index (χ1) is 8.69. The second-order valence-electron chi connectivity index (χ2n) is 4.34. The van der Waals surface area contributed by atoms with Gasteiger partial charge >= 0.3 is 0 Å². The van der Waals surface area contributed by atoms with E-state index >= 15 is 0 Å². The molecule has 0 fully saturated rings. The number of methoxy groups -OCH3 is 1. The zero-order chi connectivity index (χ0) is 12.7. The molecule has 2 aromatic rings. The summed E-state index contributed by atoms with van der Waals surface area (Å²) in [4.78, 5) is 0. The van der Waals surface area contributed by atoms with Gasteiger partial charge in [0.25, 0.3) is 0 Å². The predicted molar refractivity (Wildman–Crippen MR) is 68.8 cm³/mol. The molecule has 1 aliphatic heterocycles. The van der Waals surface area contributed by atoms with E-state index in [2.05, 4.69) is 11.2 Å². The van der Waals surface area contributed by atoms with E-state index in [-0.39, 0.29) is 0 Å². The molecule has 2 heterocycles. The molecule has 0 amide bonds. The van der Waals surface area contributed by atoms with Crippen LogP contribution in [0.2, 0.25) is 0 Å². The van der Waals surface area contributed by atoms with Gasteiger partial charge in [0.15, 0.2) is 11.5 Å². The second-order valence-corrected chi connectivity index (χ2v) is 4.34. The lowest BCUT2D eigenvalue weighted by Crippen LogP contribution is -1.96. The largest absolute Gasteiger partial charge is 0.493 e. The van der Waals surface area contributed by atoms with Crippen LogP contribution < -0.4 is 15.2 Å². The Balaban J connectivity index is 2.13. The van der Waals surface area contributed by atoms with Crippen molar-refractivity contribution >= 4 is 5.82 Å². The van der Waals surface area contributed by atoms with Crippen LogP contribution >= 0.6 is 0 Å². The molecule has 1 aliphatic rings. The molecule has 0 unspecified atom stereocenters. The lowest BCUT2D eigenvalue weighted by molar-refractivity contribution is 0.326. The zero-order valence-electron chi connectivity index (χ0n) is 10.4. The molecule has 0 saturated heterocycles.